The van der Waals surface area contributed by atoms with Crippen molar-refractivity contribution in [1.82, 2.24) is 10.3 Å². The summed E-state index contributed by atoms with van der Waals surface area (Å²) in [5, 5.41) is 12.9. The molecular formula is C12H18N2O. The predicted octanol–water partition coefficient (Wildman–Crippen LogP) is 1.99. The molecule has 0 aromatic carbocycles. The van der Waals surface area contributed by atoms with Crippen LogP contribution in [0.25, 0.3) is 0 Å². The van der Waals surface area contributed by atoms with E-state index in [0.29, 0.717) is 12.0 Å². The first-order valence-corrected chi connectivity index (χ1v) is 5.45. The zero-order valence-electron chi connectivity index (χ0n) is 9.38. The highest BCUT2D eigenvalue weighted by atomic mass is 16.3. The van der Waals surface area contributed by atoms with Crippen LogP contribution in [0.1, 0.15) is 31.2 Å². The van der Waals surface area contributed by atoms with E-state index in [4.69, 9.17) is 0 Å². The van der Waals surface area contributed by atoms with Gasteiger partial charge < -0.3 is 10.4 Å². The molecule has 1 aromatic rings. The Labute approximate surface area is 90.5 Å². The number of hydrogen-bond acceptors (Lipinski definition) is 3. The van der Waals surface area contributed by atoms with Crippen LogP contribution in [0, 0.1) is 12.3 Å². The highest BCUT2D eigenvalue weighted by Gasteiger charge is 2.36. The summed E-state index contributed by atoms with van der Waals surface area (Å²) in [6.45, 7) is 5.89. The molecule has 82 valence electrons. The molecule has 2 rings (SSSR count). The smallest absolute Gasteiger partial charge is 0.138 e. The molecule has 0 saturated heterocycles. The van der Waals surface area contributed by atoms with Crippen LogP contribution in [0.5, 0.6) is 5.75 Å². The Kier molecular flexibility index (Phi) is 2.65. The summed E-state index contributed by atoms with van der Waals surface area (Å²) in [5.41, 5.74) is 2.20. The lowest BCUT2D eigenvalue weighted by molar-refractivity contribution is 0.449. The number of hydrogen-bond donors (Lipinski definition) is 2. The lowest BCUT2D eigenvalue weighted by Gasteiger charge is -2.10. The third kappa shape index (κ3) is 2.69. The predicted molar refractivity (Wildman–Crippen MR) is 59.7 cm³/mol. The lowest BCUT2D eigenvalue weighted by Crippen LogP contribution is -2.22. The first kappa shape index (κ1) is 10.4. The molecule has 1 aromatic heterocycles. The first-order valence-electron chi connectivity index (χ1n) is 5.45. The van der Waals surface area contributed by atoms with Crippen molar-refractivity contribution in [2.75, 3.05) is 6.54 Å². The second kappa shape index (κ2) is 3.81. The van der Waals surface area contributed by atoms with Crippen LogP contribution in [-0.4, -0.2) is 16.6 Å². The fraction of sp³-hybridized carbons (Fsp3) is 0.583. The van der Waals surface area contributed by atoms with Gasteiger partial charge in [0.25, 0.3) is 0 Å². The standard InChI is InChI=1S/C12H18N2O/c1-9-3-4-11(15)10(14-9)7-13-8-12(2)5-6-12/h3-4,13,15H,5-8H2,1-2H3. The monoisotopic (exact) mass is 206 g/mol. The Morgan fingerprint density at radius 1 is 1.47 bits per heavy atom. The van der Waals surface area contributed by atoms with Gasteiger partial charge >= 0.3 is 0 Å². The Morgan fingerprint density at radius 2 is 2.20 bits per heavy atom. The van der Waals surface area contributed by atoms with E-state index >= 15 is 0 Å². The maximum Gasteiger partial charge on any atom is 0.138 e. The third-order valence-electron chi connectivity index (χ3n) is 3.04. The summed E-state index contributed by atoms with van der Waals surface area (Å²) in [4.78, 5) is 4.30. The summed E-state index contributed by atoms with van der Waals surface area (Å²) < 4.78 is 0. The molecule has 1 saturated carbocycles. The second-order valence-electron chi connectivity index (χ2n) is 4.83. The summed E-state index contributed by atoms with van der Waals surface area (Å²) >= 11 is 0. The van der Waals surface area contributed by atoms with Gasteiger partial charge in [-0.1, -0.05) is 6.92 Å². The van der Waals surface area contributed by atoms with Crippen molar-refractivity contribution in [1.29, 1.82) is 0 Å². The molecule has 0 radical (unpaired) electrons. The number of nitrogens with one attached hydrogen (secondary N) is 1. The van der Waals surface area contributed by atoms with Crippen LogP contribution in [-0.2, 0) is 6.54 Å². The molecule has 1 aliphatic rings. The van der Waals surface area contributed by atoms with E-state index in [9.17, 15) is 5.11 Å². The average Bonchev–Trinajstić information content (AvgIpc) is 2.90. The zero-order valence-corrected chi connectivity index (χ0v) is 9.38. The molecule has 15 heavy (non-hydrogen) atoms. The van der Waals surface area contributed by atoms with Gasteiger partial charge in [0.15, 0.2) is 0 Å². The minimum Gasteiger partial charge on any atom is -0.506 e. The van der Waals surface area contributed by atoms with E-state index in [1.54, 1.807) is 6.07 Å². The number of rotatable bonds is 4. The molecule has 3 nitrogen and oxygen atoms in total. The molecule has 0 atom stereocenters. The van der Waals surface area contributed by atoms with Gasteiger partial charge in [-0.2, -0.15) is 0 Å². The maximum atomic E-state index is 9.58. The van der Waals surface area contributed by atoms with Crippen LogP contribution in [0.15, 0.2) is 12.1 Å². The second-order valence-corrected chi connectivity index (χ2v) is 4.83. The van der Waals surface area contributed by atoms with E-state index in [2.05, 4.69) is 17.2 Å². The largest absolute Gasteiger partial charge is 0.506 e. The molecule has 3 heteroatoms. The zero-order chi connectivity index (χ0) is 10.9. The van der Waals surface area contributed by atoms with Crippen molar-refractivity contribution in [3.63, 3.8) is 0 Å². The molecule has 1 aliphatic carbocycles. The van der Waals surface area contributed by atoms with E-state index in [0.717, 1.165) is 17.9 Å². The lowest BCUT2D eigenvalue weighted by atomic mass is 10.1. The van der Waals surface area contributed by atoms with Gasteiger partial charge in [0.05, 0.1) is 5.69 Å². The van der Waals surface area contributed by atoms with Crippen LogP contribution in [0.3, 0.4) is 0 Å². The maximum absolute atomic E-state index is 9.58. The highest BCUT2D eigenvalue weighted by molar-refractivity contribution is 5.27. The normalized spacial score (nSPS) is 17.7. The number of aryl methyl sites for hydroxylation is 1. The Morgan fingerprint density at radius 3 is 2.87 bits per heavy atom. The van der Waals surface area contributed by atoms with Crippen LogP contribution < -0.4 is 5.32 Å². The number of aromatic nitrogens is 1. The quantitative estimate of drug-likeness (QED) is 0.791. The van der Waals surface area contributed by atoms with Crippen molar-refractivity contribution in [2.45, 2.75) is 33.2 Å². The SMILES string of the molecule is Cc1ccc(O)c(CNCC2(C)CC2)n1. The minimum atomic E-state index is 0.286. The van der Waals surface area contributed by atoms with Gasteiger partial charge in [-0.05, 0) is 37.3 Å². The van der Waals surface area contributed by atoms with E-state index in [-0.39, 0.29) is 5.75 Å². The van der Waals surface area contributed by atoms with E-state index in [1.165, 1.54) is 12.8 Å². The van der Waals surface area contributed by atoms with Crippen molar-refractivity contribution in [3.8, 4) is 5.75 Å². The fourth-order valence-electron chi connectivity index (χ4n) is 1.61. The first-order chi connectivity index (χ1) is 7.09. The van der Waals surface area contributed by atoms with Gasteiger partial charge in [0.1, 0.15) is 5.75 Å². The van der Waals surface area contributed by atoms with Crippen LogP contribution in [0.4, 0.5) is 0 Å². The Balaban J connectivity index is 1.89. The number of aromatic hydroxyl groups is 1. The Hall–Kier alpha value is -1.09. The molecule has 1 fully saturated rings. The van der Waals surface area contributed by atoms with Gasteiger partial charge in [-0.25, -0.2) is 0 Å². The minimum absolute atomic E-state index is 0.286. The van der Waals surface area contributed by atoms with Gasteiger partial charge in [0.2, 0.25) is 0 Å². The topological polar surface area (TPSA) is 45.1 Å². The Bertz CT molecular complexity index is 359. The molecule has 0 amide bonds. The fourth-order valence-corrected chi connectivity index (χ4v) is 1.61. The van der Waals surface area contributed by atoms with Crippen molar-refractivity contribution < 1.29 is 5.11 Å². The van der Waals surface area contributed by atoms with Gasteiger partial charge in [-0.15, -0.1) is 0 Å². The molecule has 0 unspecified atom stereocenters. The summed E-state index contributed by atoms with van der Waals surface area (Å²) in [5.74, 6) is 0.286. The summed E-state index contributed by atoms with van der Waals surface area (Å²) in [7, 11) is 0. The van der Waals surface area contributed by atoms with Crippen molar-refractivity contribution >= 4 is 0 Å². The number of nitrogens with zero attached hydrogens (tertiary/aromatic N) is 1. The molecule has 0 spiro atoms. The van der Waals surface area contributed by atoms with Crippen molar-refractivity contribution in [2.24, 2.45) is 5.41 Å². The number of pyridine rings is 1. The van der Waals surface area contributed by atoms with E-state index in [1.807, 2.05) is 13.0 Å². The molecule has 0 aliphatic heterocycles. The molecular weight excluding hydrogens is 188 g/mol. The van der Waals surface area contributed by atoms with Crippen molar-refractivity contribution in [3.05, 3.63) is 23.5 Å². The molecule has 0 bridgehead atoms. The van der Waals surface area contributed by atoms with Crippen LogP contribution in [0.2, 0.25) is 0 Å². The molecule has 1 heterocycles. The van der Waals surface area contributed by atoms with Gasteiger partial charge in [0, 0.05) is 18.8 Å². The van der Waals surface area contributed by atoms with E-state index < -0.39 is 0 Å². The summed E-state index contributed by atoms with van der Waals surface area (Å²) in [6, 6.07) is 3.53. The third-order valence-corrected chi connectivity index (χ3v) is 3.04. The molecule has 2 N–H and O–H groups in total. The van der Waals surface area contributed by atoms with Crippen LogP contribution >= 0.6 is 0 Å². The summed E-state index contributed by atoms with van der Waals surface area (Å²) in [6.07, 6.45) is 2.63. The van der Waals surface area contributed by atoms with Gasteiger partial charge in [-0.3, -0.25) is 4.98 Å². The highest BCUT2D eigenvalue weighted by Crippen LogP contribution is 2.44. The average molecular weight is 206 g/mol.